The fourth-order valence-electron chi connectivity index (χ4n) is 3.88. The summed E-state index contributed by atoms with van der Waals surface area (Å²) in [7, 11) is 1.62. The maximum Gasteiger partial charge on any atom is 0.249 e. The second-order valence-electron chi connectivity index (χ2n) is 6.60. The van der Waals surface area contributed by atoms with Crippen molar-refractivity contribution in [1.82, 2.24) is 9.55 Å². The average molecular weight is 383 g/mol. The third-order valence-corrected chi connectivity index (χ3v) is 5.76. The van der Waals surface area contributed by atoms with Crippen molar-refractivity contribution < 1.29 is 14.3 Å². The SMILES string of the molecule is CCC(C(=O)Nc1nccs1)n1c2c(c3ccc(OC)cc31)C(=O)CCC2. The predicted octanol–water partition coefficient (Wildman–Crippen LogP) is 4.22. The Morgan fingerprint density at radius 1 is 1.41 bits per heavy atom. The number of hydrogen-bond donors (Lipinski definition) is 1. The van der Waals surface area contributed by atoms with Gasteiger partial charge in [-0.25, -0.2) is 4.98 Å². The van der Waals surface area contributed by atoms with E-state index in [1.165, 1.54) is 11.3 Å². The molecular formula is C20H21N3O3S. The number of anilines is 1. The number of carbonyl (C=O) groups excluding carboxylic acids is 2. The number of carbonyl (C=O) groups is 2. The lowest BCUT2D eigenvalue weighted by molar-refractivity contribution is -0.119. The second-order valence-corrected chi connectivity index (χ2v) is 7.50. The molecule has 7 heteroatoms. The summed E-state index contributed by atoms with van der Waals surface area (Å²) < 4.78 is 7.42. The Hall–Kier alpha value is -2.67. The number of amides is 1. The summed E-state index contributed by atoms with van der Waals surface area (Å²) in [5, 5.41) is 6.21. The zero-order valence-corrected chi connectivity index (χ0v) is 16.1. The molecule has 0 fully saturated rings. The first-order valence-electron chi connectivity index (χ1n) is 9.08. The number of fused-ring (bicyclic) bond motifs is 3. The van der Waals surface area contributed by atoms with Gasteiger partial charge < -0.3 is 14.6 Å². The molecule has 0 aliphatic heterocycles. The molecule has 1 amide bonds. The van der Waals surface area contributed by atoms with Gasteiger partial charge >= 0.3 is 0 Å². The average Bonchev–Trinajstić information content (AvgIpc) is 3.29. The first kappa shape index (κ1) is 17.7. The third kappa shape index (κ3) is 3.02. The fourth-order valence-corrected chi connectivity index (χ4v) is 4.42. The maximum atomic E-state index is 13.0. The maximum absolute atomic E-state index is 13.0. The van der Waals surface area contributed by atoms with E-state index in [-0.39, 0.29) is 11.7 Å². The van der Waals surface area contributed by atoms with Crippen LogP contribution in [0.1, 0.15) is 48.3 Å². The zero-order valence-electron chi connectivity index (χ0n) is 15.3. The van der Waals surface area contributed by atoms with Crippen molar-refractivity contribution in [2.24, 2.45) is 0 Å². The molecule has 140 valence electrons. The van der Waals surface area contributed by atoms with Gasteiger partial charge in [-0.05, 0) is 31.4 Å². The lowest BCUT2D eigenvalue weighted by Crippen LogP contribution is -2.27. The number of nitrogens with zero attached hydrogens (tertiary/aromatic N) is 2. The van der Waals surface area contributed by atoms with Gasteiger partial charge in [-0.1, -0.05) is 6.92 Å². The summed E-state index contributed by atoms with van der Waals surface area (Å²) in [5.74, 6) is 0.745. The van der Waals surface area contributed by atoms with Crippen LogP contribution in [0.15, 0.2) is 29.8 Å². The smallest absolute Gasteiger partial charge is 0.249 e. The van der Waals surface area contributed by atoms with E-state index in [1.807, 2.05) is 35.1 Å². The summed E-state index contributed by atoms with van der Waals surface area (Å²) in [6.07, 6.45) is 4.43. The van der Waals surface area contributed by atoms with Gasteiger partial charge in [-0.15, -0.1) is 11.3 Å². The van der Waals surface area contributed by atoms with Crippen LogP contribution in [0.4, 0.5) is 5.13 Å². The van der Waals surface area contributed by atoms with Gasteiger partial charge in [0.2, 0.25) is 5.91 Å². The molecule has 1 unspecified atom stereocenters. The molecule has 3 aromatic rings. The molecule has 2 aromatic heterocycles. The number of nitrogens with one attached hydrogen (secondary N) is 1. The number of ketones is 1. The van der Waals surface area contributed by atoms with Crippen molar-refractivity contribution in [3.8, 4) is 5.75 Å². The van der Waals surface area contributed by atoms with Gasteiger partial charge in [0.15, 0.2) is 10.9 Å². The molecule has 0 saturated carbocycles. The van der Waals surface area contributed by atoms with Crippen molar-refractivity contribution in [2.75, 3.05) is 12.4 Å². The Balaban J connectivity index is 1.88. The second kappa shape index (κ2) is 7.15. The monoisotopic (exact) mass is 383 g/mol. The van der Waals surface area contributed by atoms with Gasteiger partial charge in [0.25, 0.3) is 0 Å². The van der Waals surface area contributed by atoms with E-state index in [0.29, 0.717) is 23.7 Å². The molecule has 0 radical (unpaired) electrons. The van der Waals surface area contributed by atoms with E-state index in [9.17, 15) is 9.59 Å². The lowest BCUT2D eigenvalue weighted by atomic mass is 9.94. The first-order chi connectivity index (χ1) is 13.1. The van der Waals surface area contributed by atoms with Gasteiger partial charge in [-0.3, -0.25) is 9.59 Å². The molecule has 0 spiro atoms. The molecular weight excluding hydrogens is 362 g/mol. The highest BCUT2D eigenvalue weighted by Crippen LogP contribution is 2.37. The van der Waals surface area contributed by atoms with E-state index in [2.05, 4.69) is 10.3 Å². The molecule has 4 rings (SSSR count). The standard InChI is InChI=1S/C20H21N3O3S/c1-3-14(19(25)22-20-21-9-10-27-20)23-15-5-4-6-17(24)18(15)13-8-7-12(26-2)11-16(13)23/h7-11,14H,3-6H2,1-2H3,(H,21,22,25). The van der Waals surface area contributed by atoms with Crippen LogP contribution in [0.2, 0.25) is 0 Å². The topological polar surface area (TPSA) is 73.2 Å². The minimum absolute atomic E-state index is 0.118. The Kier molecular flexibility index (Phi) is 4.70. The normalized spacial score (nSPS) is 14.8. The Labute approximate surface area is 161 Å². The van der Waals surface area contributed by atoms with Crippen LogP contribution in [0.25, 0.3) is 10.9 Å². The van der Waals surface area contributed by atoms with Crippen molar-refractivity contribution in [3.63, 3.8) is 0 Å². The van der Waals surface area contributed by atoms with Crippen molar-refractivity contribution in [1.29, 1.82) is 0 Å². The molecule has 1 aromatic carbocycles. The first-order valence-corrected chi connectivity index (χ1v) is 9.96. The number of thiazole rings is 1. The highest BCUT2D eigenvalue weighted by Gasteiger charge is 2.31. The van der Waals surface area contributed by atoms with Crippen LogP contribution in [0.3, 0.4) is 0 Å². The van der Waals surface area contributed by atoms with Gasteiger partial charge in [0.05, 0.1) is 12.6 Å². The lowest BCUT2D eigenvalue weighted by Gasteiger charge is -2.22. The minimum Gasteiger partial charge on any atom is -0.497 e. The number of ether oxygens (including phenoxy) is 1. The van der Waals surface area contributed by atoms with E-state index in [1.54, 1.807) is 13.3 Å². The van der Waals surface area contributed by atoms with Crippen molar-refractivity contribution in [3.05, 3.63) is 41.0 Å². The van der Waals surface area contributed by atoms with Crippen molar-refractivity contribution in [2.45, 2.75) is 38.6 Å². The number of methoxy groups -OCH3 is 1. The number of Topliss-reactive ketones (excluding diaryl/α,β-unsaturated/α-hetero) is 1. The van der Waals surface area contributed by atoms with Crippen LogP contribution in [0.5, 0.6) is 5.75 Å². The Morgan fingerprint density at radius 2 is 2.26 bits per heavy atom. The summed E-state index contributed by atoms with van der Waals surface area (Å²) in [6, 6.07) is 5.29. The van der Waals surface area contributed by atoms with Crippen LogP contribution in [0, 0.1) is 0 Å². The zero-order chi connectivity index (χ0) is 19.0. The molecule has 27 heavy (non-hydrogen) atoms. The van der Waals surface area contributed by atoms with E-state index in [4.69, 9.17) is 4.74 Å². The highest BCUT2D eigenvalue weighted by molar-refractivity contribution is 7.13. The summed E-state index contributed by atoms with van der Waals surface area (Å²) >= 11 is 1.39. The highest BCUT2D eigenvalue weighted by atomic mass is 32.1. The summed E-state index contributed by atoms with van der Waals surface area (Å²) in [6.45, 7) is 1.98. The van der Waals surface area contributed by atoms with Crippen LogP contribution in [-0.2, 0) is 11.2 Å². The summed E-state index contributed by atoms with van der Waals surface area (Å²) in [4.78, 5) is 29.8. The number of benzene rings is 1. The van der Waals surface area contributed by atoms with Gasteiger partial charge in [-0.2, -0.15) is 0 Å². The van der Waals surface area contributed by atoms with Crippen molar-refractivity contribution >= 4 is 39.1 Å². The predicted molar refractivity (Wildman–Crippen MR) is 106 cm³/mol. The van der Waals surface area contributed by atoms with Crippen LogP contribution < -0.4 is 10.1 Å². The largest absolute Gasteiger partial charge is 0.497 e. The Bertz CT molecular complexity index is 1010. The van der Waals surface area contributed by atoms with Crippen LogP contribution >= 0.6 is 11.3 Å². The van der Waals surface area contributed by atoms with E-state index < -0.39 is 6.04 Å². The minimum atomic E-state index is -0.418. The Morgan fingerprint density at radius 3 is 2.96 bits per heavy atom. The van der Waals surface area contributed by atoms with Gasteiger partial charge in [0, 0.05) is 40.7 Å². The quantitative estimate of drug-likeness (QED) is 0.716. The third-order valence-electron chi connectivity index (χ3n) is 5.07. The van der Waals surface area contributed by atoms with E-state index >= 15 is 0 Å². The molecule has 1 atom stereocenters. The molecule has 6 nitrogen and oxygen atoms in total. The molecule has 0 bridgehead atoms. The summed E-state index contributed by atoms with van der Waals surface area (Å²) in [5.41, 5.74) is 2.59. The molecule has 1 aliphatic rings. The molecule has 2 heterocycles. The molecule has 0 saturated heterocycles. The van der Waals surface area contributed by atoms with E-state index in [0.717, 1.165) is 35.0 Å². The number of hydrogen-bond acceptors (Lipinski definition) is 5. The fraction of sp³-hybridized carbons (Fsp3) is 0.350. The molecule has 1 aliphatic carbocycles. The van der Waals surface area contributed by atoms with Crippen LogP contribution in [-0.4, -0.2) is 28.4 Å². The molecule has 1 N–H and O–H groups in total. The number of aromatic nitrogens is 2. The van der Waals surface area contributed by atoms with Gasteiger partial charge in [0.1, 0.15) is 11.8 Å². The number of rotatable bonds is 5.